The van der Waals surface area contributed by atoms with Crippen molar-refractivity contribution >= 4 is 41.0 Å². The smallest absolute Gasteiger partial charge is 0.416 e. The van der Waals surface area contributed by atoms with Gasteiger partial charge in [-0.3, -0.25) is 19.3 Å². The predicted molar refractivity (Wildman–Crippen MR) is 184 cm³/mol. The molecule has 0 radical (unpaired) electrons. The van der Waals surface area contributed by atoms with Crippen LogP contribution >= 0.6 is 0 Å². The Bertz CT molecular complexity index is 1870. The van der Waals surface area contributed by atoms with Crippen molar-refractivity contribution in [1.29, 1.82) is 0 Å². The van der Waals surface area contributed by atoms with Crippen LogP contribution < -0.4 is 14.7 Å². The third-order valence-electron chi connectivity index (χ3n) is 9.68. The molecule has 3 aliphatic rings. The van der Waals surface area contributed by atoms with E-state index in [0.29, 0.717) is 6.42 Å². The molecule has 52 heavy (non-hydrogen) atoms. The average Bonchev–Trinajstić information content (AvgIpc) is 3.42. The number of hydrogen-bond donors (Lipinski definition) is 0. The molecule has 2 fully saturated rings. The fourth-order valence-electron chi connectivity index (χ4n) is 7.09. The molecular formula is C37H38F4N6O5. The van der Waals surface area contributed by atoms with E-state index in [-0.39, 0.29) is 80.6 Å². The van der Waals surface area contributed by atoms with Crippen LogP contribution in [0.2, 0.25) is 0 Å². The van der Waals surface area contributed by atoms with Crippen LogP contribution in [0, 0.1) is 18.7 Å². The minimum atomic E-state index is -4.71. The highest BCUT2D eigenvalue weighted by atomic mass is 19.4. The second-order valence-electron chi connectivity index (χ2n) is 13.2. The Morgan fingerprint density at radius 3 is 2.48 bits per heavy atom. The number of benzene rings is 2. The number of fused-ring (bicyclic) bond motifs is 2. The molecule has 15 heteroatoms. The molecule has 0 saturated carbocycles. The van der Waals surface area contributed by atoms with Crippen molar-refractivity contribution < 1.29 is 41.5 Å². The van der Waals surface area contributed by atoms with Crippen LogP contribution in [-0.4, -0.2) is 90.5 Å². The minimum absolute atomic E-state index is 0.0157. The van der Waals surface area contributed by atoms with Gasteiger partial charge in [0.25, 0.3) is 0 Å². The predicted octanol–water partition coefficient (Wildman–Crippen LogP) is 5.18. The number of aryl methyl sites for hydroxylation is 1. The summed E-state index contributed by atoms with van der Waals surface area (Å²) >= 11 is 0. The van der Waals surface area contributed by atoms with E-state index in [0.717, 1.165) is 22.6 Å². The third kappa shape index (κ3) is 7.30. The summed E-state index contributed by atoms with van der Waals surface area (Å²) < 4.78 is 62.7. The first-order valence-corrected chi connectivity index (χ1v) is 16.8. The highest BCUT2D eigenvalue weighted by Crippen LogP contribution is 2.41. The monoisotopic (exact) mass is 722 g/mol. The van der Waals surface area contributed by atoms with Crippen molar-refractivity contribution in [3.05, 3.63) is 96.0 Å². The molecule has 0 N–H and O–H groups in total. The molecule has 0 spiro atoms. The van der Waals surface area contributed by atoms with E-state index in [1.54, 1.807) is 20.8 Å². The molecular weight excluding hydrogens is 684 g/mol. The lowest BCUT2D eigenvalue weighted by Crippen LogP contribution is -2.62. The number of para-hydroxylation sites is 1. The van der Waals surface area contributed by atoms with Gasteiger partial charge in [-0.15, -0.1) is 0 Å². The van der Waals surface area contributed by atoms with Crippen LogP contribution in [0.15, 0.2) is 73.3 Å². The van der Waals surface area contributed by atoms with Crippen LogP contribution in [0.3, 0.4) is 0 Å². The van der Waals surface area contributed by atoms with Gasteiger partial charge in [0, 0.05) is 57.8 Å². The van der Waals surface area contributed by atoms with Crippen molar-refractivity contribution in [3.63, 3.8) is 0 Å². The number of alkyl halides is 3. The lowest BCUT2D eigenvalue weighted by molar-refractivity contribution is -0.137. The molecule has 0 unspecified atom stereocenters. The maximum absolute atomic E-state index is 15.7. The maximum atomic E-state index is 15.7. The number of ether oxygens (including phenoxy) is 1. The third-order valence-corrected chi connectivity index (χ3v) is 9.68. The topological polar surface area (TPSA) is 107 Å². The number of anilines is 3. The van der Waals surface area contributed by atoms with E-state index in [9.17, 15) is 32.3 Å². The Hall–Kier alpha value is -5.47. The number of rotatable bonds is 9. The Morgan fingerprint density at radius 2 is 1.79 bits per heavy atom. The standard InChI is InChI=1S/C37H38F4N6O5/c1-4-31(48)45-20-27(21-45)46(36(51)52-22-24-10-6-5-7-11-24)15-9-14-44-19-25-17-32(49)47(30-18-26(37(39,40)41)16-23(2)42-30)33(25)35(50)43(3)29-13-8-12-28(38)34(29)44/h4-8,10-13,16,18,25,27,33H,1,9,14-15,17,19-22H2,2-3H3/t25-,33+/m1/s1. The van der Waals surface area contributed by atoms with Gasteiger partial charge in [-0.2, -0.15) is 13.2 Å². The van der Waals surface area contributed by atoms with Crippen LogP contribution in [0.1, 0.15) is 29.7 Å². The van der Waals surface area contributed by atoms with Crippen LogP contribution in [0.5, 0.6) is 0 Å². The Kier molecular flexibility index (Phi) is 10.2. The summed E-state index contributed by atoms with van der Waals surface area (Å²) in [6, 6.07) is 13.5. The fourth-order valence-corrected chi connectivity index (χ4v) is 7.09. The molecule has 4 heterocycles. The number of pyridine rings is 1. The van der Waals surface area contributed by atoms with E-state index in [4.69, 9.17) is 4.74 Å². The number of likely N-dealkylation sites (N-methyl/N-ethyl adjacent to an activating group) is 1. The van der Waals surface area contributed by atoms with Gasteiger partial charge in [0.1, 0.15) is 24.3 Å². The number of amides is 4. The fraction of sp³-hybridized carbons (Fsp3) is 0.378. The molecule has 3 aromatic rings. The summed E-state index contributed by atoms with van der Waals surface area (Å²) in [5, 5.41) is 0. The van der Waals surface area contributed by atoms with Crippen molar-refractivity contribution in [1.82, 2.24) is 14.8 Å². The zero-order valence-corrected chi connectivity index (χ0v) is 28.7. The van der Waals surface area contributed by atoms with Gasteiger partial charge in [-0.1, -0.05) is 43.0 Å². The summed E-state index contributed by atoms with van der Waals surface area (Å²) in [7, 11) is 1.43. The van der Waals surface area contributed by atoms with Gasteiger partial charge < -0.3 is 24.3 Å². The zero-order chi connectivity index (χ0) is 37.3. The first-order chi connectivity index (χ1) is 24.8. The molecule has 274 valence electrons. The Balaban J connectivity index is 1.26. The van der Waals surface area contributed by atoms with Gasteiger partial charge in [-0.05, 0) is 49.2 Å². The largest absolute Gasteiger partial charge is 0.445 e. The Labute approximate surface area is 298 Å². The van der Waals surface area contributed by atoms with Crippen LogP contribution in [0.4, 0.5) is 39.5 Å². The van der Waals surface area contributed by atoms with Gasteiger partial charge in [-0.25, -0.2) is 14.2 Å². The van der Waals surface area contributed by atoms with E-state index >= 15 is 4.39 Å². The van der Waals surface area contributed by atoms with Crippen LogP contribution in [-0.2, 0) is 31.9 Å². The molecule has 0 aliphatic carbocycles. The van der Waals surface area contributed by atoms with E-state index < -0.39 is 47.4 Å². The van der Waals surface area contributed by atoms with Gasteiger partial charge in [0.15, 0.2) is 0 Å². The normalized spacial score (nSPS) is 19.0. The molecule has 3 aliphatic heterocycles. The first-order valence-electron chi connectivity index (χ1n) is 16.8. The van der Waals surface area contributed by atoms with Crippen molar-refractivity contribution in [2.75, 3.05) is 54.5 Å². The molecule has 2 aromatic carbocycles. The number of carbonyl (C=O) groups excluding carboxylic acids is 4. The summed E-state index contributed by atoms with van der Waals surface area (Å²) in [5.74, 6) is -3.05. The van der Waals surface area contributed by atoms with Gasteiger partial charge in [0.05, 0.1) is 23.0 Å². The molecule has 2 atom stereocenters. The number of hydrogen-bond acceptors (Lipinski definition) is 7. The highest BCUT2D eigenvalue weighted by molar-refractivity contribution is 6.10. The second kappa shape index (κ2) is 14.6. The van der Waals surface area contributed by atoms with Gasteiger partial charge >= 0.3 is 12.3 Å². The Morgan fingerprint density at radius 1 is 1.06 bits per heavy atom. The summed E-state index contributed by atoms with van der Waals surface area (Å²) in [4.78, 5) is 64.5. The first kappa shape index (κ1) is 36.3. The molecule has 0 bridgehead atoms. The molecule has 6 rings (SSSR count). The van der Waals surface area contributed by atoms with E-state index in [2.05, 4.69) is 11.6 Å². The summed E-state index contributed by atoms with van der Waals surface area (Å²) in [6.45, 7) is 5.87. The number of carbonyl (C=O) groups is 4. The van der Waals surface area contributed by atoms with E-state index in [1.807, 2.05) is 30.3 Å². The highest BCUT2D eigenvalue weighted by Gasteiger charge is 2.49. The van der Waals surface area contributed by atoms with Gasteiger partial charge in [0.2, 0.25) is 17.7 Å². The van der Waals surface area contributed by atoms with Crippen molar-refractivity contribution in [3.8, 4) is 0 Å². The maximum Gasteiger partial charge on any atom is 0.416 e. The summed E-state index contributed by atoms with van der Waals surface area (Å²) in [5.41, 5.74) is 0.164. The lowest BCUT2D eigenvalue weighted by Gasteiger charge is -2.44. The number of likely N-dealkylation sites (tertiary alicyclic amines) is 1. The van der Waals surface area contributed by atoms with Crippen molar-refractivity contribution in [2.24, 2.45) is 5.92 Å². The molecule has 4 amide bonds. The van der Waals surface area contributed by atoms with Crippen molar-refractivity contribution in [2.45, 2.75) is 44.6 Å². The SMILES string of the molecule is C=CC(=O)N1CC(N(CCCN2C[C@H]3CC(=O)N(c4cc(C(F)(F)F)cc(C)n4)[C@@H]3C(=O)N(C)c3cccc(F)c32)C(=O)OCc2ccccc2)C1. The number of halogens is 4. The second-order valence-corrected chi connectivity index (χ2v) is 13.2. The quantitative estimate of drug-likeness (QED) is 0.222. The van der Waals surface area contributed by atoms with Crippen LogP contribution in [0.25, 0.3) is 0 Å². The zero-order valence-electron chi connectivity index (χ0n) is 28.7. The lowest BCUT2D eigenvalue weighted by atomic mass is 9.95. The number of aromatic nitrogens is 1. The number of nitrogens with zero attached hydrogens (tertiary/aromatic N) is 6. The molecule has 11 nitrogen and oxygen atoms in total. The molecule has 1 aromatic heterocycles. The molecule has 2 saturated heterocycles. The van der Waals surface area contributed by atoms with E-state index in [1.165, 1.54) is 37.1 Å². The summed E-state index contributed by atoms with van der Waals surface area (Å²) in [6.07, 6.45) is -3.96. The average molecular weight is 723 g/mol. The minimum Gasteiger partial charge on any atom is -0.445 e.